The largest absolute Gasteiger partial charge is 0.381 e. The van der Waals surface area contributed by atoms with Crippen LogP contribution in [0.1, 0.15) is 53.1 Å². The van der Waals surface area contributed by atoms with E-state index in [1.807, 2.05) is 18.4 Å². The molecule has 0 amide bonds. The van der Waals surface area contributed by atoms with Crippen LogP contribution in [0.25, 0.3) is 0 Å². The maximum atomic E-state index is 5.60. The molecule has 100 valence electrons. The van der Waals surface area contributed by atoms with E-state index >= 15 is 0 Å². The Balaban J connectivity index is 1.81. The lowest BCUT2D eigenvalue weighted by Gasteiger charge is -2.21. The zero-order valence-corrected chi connectivity index (χ0v) is 11.9. The lowest BCUT2D eigenvalue weighted by Crippen LogP contribution is -2.21. The van der Waals surface area contributed by atoms with Gasteiger partial charge in [0, 0.05) is 29.9 Å². The van der Waals surface area contributed by atoms with E-state index in [1.165, 1.54) is 42.8 Å². The summed E-state index contributed by atoms with van der Waals surface area (Å²) in [5, 5.41) is 4.64. The summed E-state index contributed by atoms with van der Waals surface area (Å²) in [4.78, 5) is 6.52. The molecule has 2 aliphatic rings. The average molecular weight is 266 g/mol. The van der Waals surface area contributed by atoms with Gasteiger partial charge in [0.1, 0.15) is 0 Å². The van der Waals surface area contributed by atoms with Gasteiger partial charge in [-0.3, -0.25) is 0 Å². The summed E-state index contributed by atoms with van der Waals surface area (Å²) in [5.41, 5.74) is 1.39. The van der Waals surface area contributed by atoms with Crippen molar-refractivity contribution in [1.82, 2.24) is 10.3 Å². The third-order valence-corrected chi connectivity index (χ3v) is 5.34. The number of ether oxygens (including phenoxy) is 1. The third kappa shape index (κ3) is 2.46. The second kappa shape index (κ2) is 5.68. The first-order valence-corrected chi connectivity index (χ1v) is 7.92. The van der Waals surface area contributed by atoms with Crippen molar-refractivity contribution in [1.29, 1.82) is 0 Å². The van der Waals surface area contributed by atoms with Crippen molar-refractivity contribution in [3.05, 3.63) is 15.6 Å². The van der Waals surface area contributed by atoms with Gasteiger partial charge >= 0.3 is 0 Å². The summed E-state index contributed by atoms with van der Waals surface area (Å²) < 4.78 is 5.60. The molecule has 4 heteroatoms. The molecule has 1 saturated heterocycles. The molecule has 1 aromatic rings. The Kier molecular flexibility index (Phi) is 3.97. The SMILES string of the molecule is CNCC1CCCc2sc(C3CCCOC3)nc21. The maximum absolute atomic E-state index is 5.60. The molecule has 1 aliphatic heterocycles. The number of hydrogen-bond acceptors (Lipinski definition) is 4. The normalized spacial score (nSPS) is 28.1. The van der Waals surface area contributed by atoms with Gasteiger partial charge in [-0.15, -0.1) is 11.3 Å². The second-order valence-corrected chi connectivity index (χ2v) is 6.54. The molecule has 2 unspecified atom stereocenters. The molecule has 1 fully saturated rings. The fourth-order valence-corrected chi connectivity index (χ4v) is 4.39. The van der Waals surface area contributed by atoms with E-state index in [-0.39, 0.29) is 0 Å². The summed E-state index contributed by atoms with van der Waals surface area (Å²) in [6.45, 7) is 2.88. The van der Waals surface area contributed by atoms with E-state index in [4.69, 9.17) is 9.72 Å². The minimum Gasteiger partial charge on any atom is -0.381 e. The first-order chi connectivity index (χ1) is 8.88. The molecule has 0 aromatic carbocycles. The quantitative estimate of drug-likeness (QED) is 0.913. The van der Waals surface area contributed by atoms with Gasteiger partial charge in [0.05, 0.1) is 17.3 Å². The van der Waals surface area contributed by atoms with Crippen molar-refractivity contribution < 1.29 is 4.74 Å². The number of hydrogen-bond donors (Lipinski definition) is 1. The molecule has 0 bridgehead atoms. The smallest absolute Gasteiger partial charge is 0.0985 e. The second-order valence-electron chi connectivity index (χ2n) is 5.42. The fraction of sp³-hybridized carbons (Fsp3) is 0.786. The van der Waals surface area contributed by atoms with Gasteiger partial charge in [-0.1, -0.05) is 0 Å². The Hall–Kier alpha value is -0.450. The monoisotopic (exact) mass is 266 g/mol. The molecule has 2 atom stereocenters. The molecule has 1 N–H and O–H groups in total. The summed E-state index contributed by atoms with van der Waals surface area (Å²) in [6.07, 6.45) is 6.29. The summed E-state index contributed by atoms with van der Waals surface area (Å²) in [6, 6.07) is 0. The Labute approximate surface area is 113 Å². The van der Waals surface area contributed by atoms with Crippen LogP contribution in [0.15, 0.2) is 0 Å². The first kappa shape index (κ1) is 12.6. The Morgan fingerprint density at radius 3 is 3.11 bits per heavy atom. The van der Waals surface area contributed by atoms with Crippen LogP contribution in [0.2, 0.25) is 0 Å². The summed E-state index contributed by atoms with van der Waals surface area (Å²) >= 11 is 1.95. The predicted molar refractivity (Wildman–Crippen MR) is 74.5 cm³/mol. The molecule has 0 saturated carbocycles. The maximum Gasteiger partial charge on any atom is 0.0985 e. The molecule has 1 aliphatic carbocycles. The van der Waals surface area contributed by atoms with E-state index in [0.717, 1.165) is 19.8 Å². The van der Waals surface area contributed by atoms with Gasteiger partial charge in [-0.05, 0) is 39.2 Å². The Bertz CT molecular complexity index is 398. The van der Waals surface area contributed by atoms with Crippen LogP contribution < -0.4 is 5.32 Å². The van der Waals surface area contributed by atoms with Crippen LogP contribution in [0, 0.1) is 0 Å². The molecular formula is C14H22N2OS. The molecular weight excluding hydrogens is 244 g/mol. The fourth-order valence-electron chi connectivity index (χ4n) is 3.08. The van der Waals surface area contributed by atoms with Crippen molar-refractivity contribution in [2.75, 3.05) is 26.8 Å². The van der Waals surface area contributed by atoms with E-state index in [0.29, 0.717) is 11.8 Å². The molecule has 3 rings (SSSR count). The lowest BCUT2D eigenvalue weighted by molar-refractivity contribution is 0.0803. The van der Waals surface area contributed by atoms with Gasteiger partial charge in [0.15, 0.2) is 0 Å². The van der Waals surface area contributed by atoms with Gasteiger partial charge in [-0.2, -0.15) is 0 Å². The zero-order valence-electron chi connectivity index (χ0n) is 11.1. The molecule has 0 spiro atoms. The molecule has 3 nitrogen and oxygen atoms in total. The van der Waals surface area contributed by atoms with Crippen LogP contribution in [0.5, 0.6) is 0 Å². The highest BCUT2D eigenvalue weighted by molar-refractivity contribution is 7.11. The standard InChI is InChI=1S/C14H22N2OS/c1-15-8-10-4-2-6-12-13(10)16-14(18-12)11-5-3-7-17-9-11/h10-11,15H,2-9H2,1H3. The zero-order chi connectivity index (χ0) is 12.4. The van der Waals surface area contributed by atoms with Crippen LogP contribution >= 0.6 is 11.3 Å². The average Bonchev–Trinajstić information content (AvgIpc) is 2.85. The van der Waals surface area contributed by atoms with Gasteiger partial charge in [0.2, 0.25) is 0 Å². The number of fused-ring (bicyclic) bond motifs is 1. The Morgan fingerprint density at radius 2 is 2.33 bits per heavy atom. The van der Waals surface area contributed by atoms with Crippen molar-refractivity contribution in [3.63, 3.8) is 0 Å². The first-order valence-electron chi connectivity index (χ1n) is 7.10. The van der Waals surface area contributed by atoms with E-state index in [2.05, 4.69) is 5.32 Å². The van der Waals surface area contributed by atoms with Crippen molar-refractivity contribution in [2.45, 2.75) is 43.9 Å². The van der Waals surface area contributed by atoms with Crippen molar-refractivity contribution in [3.8, 4) is 0 Å². The predicted octanol–water partition coefficient (Wildman–Crippen LogP) is 2.68. The number of nitrogens with one attached hydrogen (secondary N) is 1. The van der Waals surface area contributed by atoms with E-state index in [9.17, 15) is 0 Å². The van der Waals surface area contributed by atoms with Crippen LogP contribution in [-0.4, -0.2) is 31.8 Å². The number of likely N-dealkylation sites (N-methyl/N-ethyl adjacent to an activating group) is 1. The van der Waals surface area contributed by atoms with Gasteiger partial charge < -0.3 is 10.1 Å². The van der Waals surface area contributed by atoms with Gasteiger partial charge in [-0.25, -0.2) is 4.98 Å². The van der Waals surface area contributed by atoms with Crippen molar-refractivity contribution >= 4 is 11.3 Å². The number of aromatic nitrogens is 1. The third-order valence-electron chi connectivity index (χ3n) is 4.05. The lowest BCUT2D eigenvalue weighted by atomic mass is 9.91. The minimum absolute atomic E-state index is 0.560. The van der Waals surface area contributed by atoms with E-state index < -0.39 is 0 Å². The van der Waals surface area contributed by atoms with E-state index in [1.54, 1.807) is 4.88 Å². The highest BCUT2D eigenvalue weighted by atomic mass is 32.1. The Morgan fingerprint density at radius 1 is 1.39 bits per heavy atom. The van der Waals surface area contributed by atoms with Crippen LogP contribution in [0.3, 0.4) is 0 Å². The summed E-state index contributed by atoms with van der Waals surface area (Å²) in [5.74, 6) is 1.19. The highest BCUT2D eigenvalue weighted by Gasteiger charge is 2.27. The molecule has 18 heavy (non-hydrogen) atoms. The molecule has 0 radical (unpaired) electrons. The van der Waals surface area contributed by atoms with Crippen molar-refractivity contribution in [2.24, 2.45) is 0 Å². The molecule has 1 aromatic heterocycles. The number of rotatable bonds is 3. The van der Waals surface area contributed by atoms with Crippen LogP contribution in [-0.2, 0) is 11.2 Å². The number of nitrogens with zero attached hydrogens (tertiary/aromatic N) is 1. The molecule has 2 heterocycles. The summed E-state index contributed by atoms with van der Waals surface area (Å²) in [7, 11) is 2.04. The highest BCUT2D eigenvalue weighted by Crippen LogP contribution is 2.38. The number of thiazole rings is 1. The minimum atomic E-state index is 0.560. The number of aryl methyl sites for hydroxylation is 1. The van der Waals surface area contributed by atoms with Crippen LogP contribution in [0.4, 0.5) is 0 Å². The topological polar surface area (TPSA) is 34.1 Å². The van der Waals surface area contributed by atoms with Gasteiger partial charge in [0.25, 0.3) is 0 Å².